The van der Waals surface area contributed by atoms with E-state index in [1.807, 2.05) is 39.8 Å². The minimum atomic E-state index is 0.322. The summed E-state index contributed by atoms with van der Waals surface area (Å²) in [5.41, 5.74) is 0. The van der Waals surface area contributed by atoms with Gasteiger partial charge in [-0.15, -0.1) is 6.58 Å². The summed E-state index contributed by atoms with van der Waals surface area (Å²) in [4.78, 5) is 0. The van der Waals surface area contributed by atoms with Crippen LogP contribution in [0.2, 0.25) is 0 Å². The van der Waals surface area contributed by atoms with E-state index in [-0.39, 0.29) is 0 Å². The Morgan fingerprint density at radius 3 is 1.41 bits per heavy atom. The number of phenolic OH excluding ortho intramolecular Hbond substituents is 1. The van der Waals surface area contributed by atoms with Gasteiger partial charge < -0.3 is 10.2 Å². The standard InChI is InChI=1S/C6H6O.C4H8.2C2H6.CH4O/c7-6-4-2-1-3-5-6;1-3-4-2;3*1-2/h1-5,7H;3H,1,4H2,2H3;2*1-2H3;2H,1H3. The summed E-state index contributed by atoms with van der Waals surface area (Å²) < 4.78 is 0. The van der Waals surface area contributed by atoms with Crippen LogP contribution >= 0.6 is 0 Å². The molecule has 0 spiro atoms. The first-order chi connectivity index (χ1) is 8.31. The molecule has 0 aromatic heterocycles. The zero-order valence-corrected chi connectivity index (χ0v) is 12.3. The summed E-state index contributed by atoms with van der Waals surface area (Å²) in [6, 6.07) is 8.71. The van der Waals surface area contributed by atoms with E-state index in [1.54, 1.807) is 24.3 Å². The molecule has 0 bridgehead atoms. The van der Waals surface area contributed by atoms with Gasteiger partial charge in [0.1, 0.15) is 5.75 Å². The summed E-state index contributed by atoms with van der Waals surface area (Å²) in [5, 5.41) is 15.6. The zero-order valence-electron chi connectivity index (χ0n) is 12.3. The second-order valence-electron chi connectivity index (χ2n) is 2.03. The maximum absolute atomic E-state index is 8.63. The molecule has 0 aliphatic heterocycles. The fraction of sp³-hybridized carbons (Fsp3) is 0.467. The van der Waals surface area contributed by atoms with Crippen molar-refractivity contribution in [2.45, 2.75) is 41.0 Å². The Hall–Kier alpha value is -1.28. The van der Waals surface area contributed by atoms with Crippen LogP contribution in [0, 0.1) is 0 Å². The van der Waals surface area contributed by atoms with Gasteiger partial charge in [-0.05, 0) is 18.6 Å². The quantitative estimate of drug-likeness (QED) is 0.705. The van der Waals surface area contributed by atoms with Crippen LogP contribution in [0.25, 0.3) is 0 Å². The van der Waals surface area contributed by atoms with E-state index in [1.165, 1.54) is 0 Å². The maximum Gasteiger partial charge on any atom is 0.115 e. The predicted molar refractivity (Wildman–Crippen MR) is 79.4 cm³/mol. The fourth-order valence-electron chi connectivity index (χ4n) is 0.428. The molecular formula is C15H30O2. The van der Waals surface area contributed by atoms with Gasteiger partial charge in [0.05, 0.1) is 0 Å². The van der Waals surface area contributed by atoms with Gasteiger partial charge in [-0.2, -0.15) is 0 Å². The van der Waals surface area contributed by atoms with E-state index < -0.39 is 0 Å². The SMILES string of the molecule is C=CCC.CC.CC.CO.Oc1ccccc1. The number of aromatic hydroxyl groups is 1. The topological polar surface area (TPSA) is 40.5 Å². The zero-order chi connectivity index (χ0) is 14.5. The molecule has 0 fully saturated rings. The predicted octanol–water partition coefficient (Wildman–Crippen LogP) is 4.64. The third-order valence-electron chi connectivity index (χ3n) is 1.04. The summed E-state index contributed by atoms with van der Waals surface area (Å²) >= 11 is 0. The lowest BCUT2D eigenvalue weighted by Crippen LogP contribution is -1.56. The van der Waals surface area contributed by atoms with Gasteiger partial charge in [-0.25, -0.2) is 0 Å². The van der Waals surface area contributed by atoms with Crippen LogP contribution in [0.4, 0.5) is 0 Å². The molecule has 0 aliphatic rings. The van der Waals surface area contributed by atoms with Gasteiger partial charge in [0.15, 0.2) is 0 Å². The molecule has 1 rings (SSSR count). The molecule has 0 saturated heterocycles. The summed E-state index contributed by atoms with van der Waals surface area (Å²) in [7, 11) is 1.00. The number of hydrogen-bond acceptors (Lipinski definition) is 2. The van der Waals surface area contributed by atoms with Crippen LogP contribution in [-0.2, 0) is 0 Å². The average molecular weight is 242 g/mol. The first kappa shape index (κ1) is 24.8. The fourth-order valence-corrected chi connectivity index (χ4v) is 0.428. The highest BCUT2D eigenvalue weighted by molar-refractivity contribution is 5.18. The lowest BCUT2D eigenvalue weighted by molar-refractivity contribution is 0.399. The molecule has 0 atom stereocenters. The van der Waals surface area contributed by atoms with Gasteiger partial charge in [0.25, 0.3) is 0 Å². The second kappa shape index (κ2) is 36.4. The van der Waals surface area contributed by atoms with Crippen LogP contribution in [-0.4, -0.2) is 17.3 Å². The van der Waals surface area contributed by atoms with Gasteiger partial charge >= 0.3 is 0 Å². The van der Waals surface area contributed by atoms with Crippen molar-refractivity contribution < 1.29 is 10.2 Å². The van der Waals surface area contributed by atoms with Crippen LogP contribution in [0.5, 0.6) is 5.75 Å². The molecule has 2 nitrogen and oxygen atoms in total. The van der Waals surface area contributed by atoms with Crippen molar-refractivity contribution in [2.75, 3.05) is 7.11 Å². The highest BCUT2D eigenvalue weighted by atomic mass is 16.3. The molecule has 1 aromatic carbocycles. The molecule has 0 aliphatic carbocycles. The van der Waals surface area contributed by atoms with Crippen LogP contribution in [0.15, 0.2) is 43.0 Å². The minimum Gasteiger partial charge on any atom is -0.508 e. The number of phenols is 1. The third-order valence-corrected chi connectivity index (χ3v) is 1.04. The lowest BCUT2D eigenvalue weighted by Gasteiger charge is -1.82. The molecule has 1 aromatic rings. The Bertz CT molecular complexity index is 183. The number of rotatable bonds is 1. The Kier molecular flexibility index (Phi) is 53.2. The number of hydrogen-bond donors (Lipinski definition) is 2. The second-order valence-corrected chi connectivity index (χ2v) is 2.03. The highest BCUT2D eigenvalue weighted by Crippen LogP contribution is 2.02. The van der Waals surface area contributed by atoms with Crippen LogP contribution in [0.1, 0.15) is 41.0 Å². The van der Waals surface area contributed by atoms with Crippen molar-refractivity contribution in [3.8, 4) is 5.75 Å². The Morgan fingerprint density at radius 2 is 1.29 bits per heavy atom. The van der Waals surface area contributed by atoms with E-state index in [4.69, 9.17) is 10.2 Å². The van der Waals surface area contributed by atoms with Crippen LogP contribution in [0.3, 0.4) is 0 Å². The molecule has 2 N–H and O–H groups in total. The summed E-state index contributed by atoms with van der Waals surface area (Å²) in [6.07, 6.45) is 2.96. The highest BCUT2D eigenvalue weighted by Gasteiger charge is 1.74. The molecule has 0 saturated carbocycles. The molecular weight excluding hydrogens is 212 g/mol. The van der Waals surface area contributed by atoms with E-state index >= 15 is 0 Å². The number of aliphatic hydroxyl groups excluding tert-OH is 1. The molecule has 0 heterocycles. The van der Waals surface area contributed by atoms with Crippen molar-refractivity contribution in [2.24, 2.45) is 0 Å². The third kappa shape index (κ3) is 40.0. The van der Waals surface area contributed by atoms with Crippen molar-refractivity contribution in [3.05, 3.63) is 43.0 Å². The first-order valence-electron chi connectivity index (χ1n) is 6.11. The van der Waals surface area contributed by atoms with E-state index in [9.17, 15) is 0 Å². The molecule has 0 radical (unpaired) electrons. The van der Waals surface area contributed by atoms with Gasteiger partial charge in [0, 0.05) is 7.11 Å². The van der Waals surface area contributed by atoms with E-state index in [2.05, 4.69) is 13.5 Å². The van der Waals surface area contributed by atoms with Crippen molar-refractivity contribution in [3.63, 3.8) is 0 Å². The van der Waals surface area contributed by atoms with Gasteiger partial charge in [0.2, 0.25) is 0 Å². The smallest absolute Gasteiger partial charge is 0.115 e. The Balaban J connectivity index is -0.0000000735. The van der Waals surface area contributed by atoms with Gasteiger partial charge in [-0.3, -0.25) is 0 Å². The minimum absolute atomic E-state index is 0.322. The van der Waals surface area contributed by atoms with E-state index in [0.717, 1.165) is 13.5 Å². The molecule has 2 heteroatoms. The van der Waals surface area contributed by atoms with Crippen molar-refractivity contribution in [1.82, 2.24) is 0 Å². The van der Waals surface area contributed by atoms with Crippen LogP contribution < -0.4 is 0 Å². The number of para-hydroxylation sites is 1. The summed E-state index contributed by atoms with van der Waals surface area (Å²) in [6.45, 7) is 13.5. The van der Waals surface area contributed by atoms with E-state index in [0.29, 0.717) is 5.75 Å². The molecule has 17 heavy (non-hydrogen) atoms. The summed E-state index contributed by atoms with van der Waals surface area (Å²) in [5.74, 6) is 0.322. The number of aliphatic hydroxyl groups is 1. The van der Waals surface area contributed by atoms with Crippen molar-refractivity contribution >= 4 is 0 Å². The molecule has 0 amide bonds. The molecule has 0 unspecified atom stereocenters. The lowest BCUT2D eigenvalue weighted by atomic mass is 10.3. The van der Waals surface area contributed by atoms with Crippen molar-refractivity contribution in [1.29, 1.82) is 0 Å². The Morgan fingerprint density at radius 1 is 1.00 bits per heavy atom. The number of allylic oxidation sites excluding steroid dienone is 1. The largest absolute Gasteiger partial charge is 0.508 e. The number of benzene rings is 1. The first-order valence-corrected chi connectivity index (χ1v) is 6.11. The molecule has 102 valence electrons. The maximum atomic E-state index is 8.63. The average Bonchev–Trinajstić information content (AvgIpc) is 2.46. The Labute approximate surface area is 108 Å². The monoisotopic (exact) mass is 242 g/mol. The normalized spacial score (nSPS) is 6.06. The van der Waals surface area contributed by atoms with Gasteiger partial charge in [-0.1, -0.05) is 58.9 Å².